The number of nitrogens with one attached hydrogen (secondary N) is 1. The lowest BCUT2D eigenvalue weighted by molar-refractivity contribution is 0.568. The second kappa shape index (κ2) is 5.39. The van der Waals surface area contributed by atoms with Crippen LogP contribution in [0.15, 0.2) is 41.2 Å². The predicted molar refractivity (Wildman–Crippen MR) is 71.1 cm³/mol. The first kappa shape index (κ1) is 12.2. The zero-order chi connectivity index (χ0) is 12.3. The van der Waals surface area contributed by atoms with Crippen LogP contribution in [0.4, 0.5) is 0 Å². The third kappa shape index (κ3) is 3.11. The van der Waals surface area contributed by atoms with E-state index in [4.69, 9.17) is 16.0 Å². The van der Waals surface area contributed by atoms with Crippen molar-refractivity contribution in [3.8, 4) is 11.1 Å². The number of rotatable bonds is 4. The molecule has 1 aromatic heterocycles. The lowest BCUT2D eigenvalue weighted by Crippen LogP contribution is -2.21. The third-order valence-corrected chi connectivity index (χ3v) is 2.89. The highest BCUT2D eigenvalue weighted by Gasteiger charge is 2.05. The molecule has 1 aromatic carbocycles. The Kier molecular flexibility index (Phi) is 3.87. The Bertz CT molecular complexity index is 477. The monoisotopic (exact) mass is 249 g/mol. The summed E-state index contributed by atoms with van der Waals surface area (Å²) in [6.07, 6.45) is 3.35. The number of hydrogen-bond donors (Lipinski definition) is 1. The number of halogens is 1. The zero-order valence-corrected chi connectivity index (χ0v) is 10.8. The fourth-order valence-electron chi connectivity index (χ4n) is 1.64. The Hall–Kier alpha value is -1.25. The topological polar surface area (TPSA) is 25.2 Å². The van der Waals surface area contributed by atoms with E-state index in [0.717, 1.165) is 22.7 Å². The summed E-state index contributed by atoms with van der Waals surface area (Å²) in [5.41, 5.74) is 3.21. The average molecular weight is 250 g/mol. The van der Waals surface area contributed by atoms with E-state index in [-0.39, 0.29) is 0 Å². The van der Waals surface area contributed by atoms with Gasteiger partial charge >= 0.3 is 0 Å². The molecule has 0 fully saturated rings. The Labute approximate surface area is 107 Å². The highest BCUT2D eigenvalue weighted by Crippen LogP contribution is 2.28. The molecule has 1 heterocycles. The minimum atomic E-state index is 0.474. The maximum Gasteiger partial charge on any atom is 0.0981 e. The van der Waals surface area contributed by atoms with Crippen LogP contribution in [0.25, 0.3) is 11.1 Å². The van der Waals surface area contributed by atoms with Crippen LogP contribution in [0.3, 0.4) is 0 Å². The summed E-state index contributed by atoms with van der Waals surface area (Å²) >= 11 is 6.27. The quantitative estimate of drug-likeness (QED) is 0.883. The van der Waals surface area contributed by atoms with Crippen molar-refractivity contribution >= 4 is 11.6 Å². The summed E-state index contributed by atoms with van der Waals surface area (Å²) in [4.78, 5) is 0. The summed E-state index contributed by atoms with van der Waals surface area (Å²) in [6, 6.07) is 8.50. The predicted octanol–water partition coefficient (Wildman–Crippen LogP) is 4.10. The summed E-state index contributed by atoms with van der Waals surface area (Å²) < 4.78 is 5.06. The Balaban J connectivity index is 2.17. The Morgan fingerprint density at radius 1 is 1.29 bits per heavy atom. The molecule has 3 heteroatoms. The largest absolute Gasteiger partial charge is 0.472 e. The first-order chi connectivity index (χ1) is 8.16. The van der Waals surface area contributed by atoms with Crippen LogP contribution in [0.1, 0.15) is 19.4 Å². The Morgan fingerprint density at radius 3 is 2.71 bits per heavy atom. The van der Waals surface area contributed by atoms with Crippen molar-refractivity contribution < 1.29 is 4.42 Å². The smallest absolute Gasteiger partial charge is 0.0981 e. The van der Waals surface area contributed by atoms with Crippen LogP contribution in [0.2, 0.25) is 5.02 Å². The second-order valence-electron chi connectivity index (χ2n) is 4.36. The average Bonchev–Trinajstić information content (AvgIpc) is 2.79. The van der Waals surface area contributed by atoms with Crippen LogP contribution >= 0.6 is 11.6 Å². The molecule has 2 aromatic rings. The number of hydrogen-bond acceptors (Lipinski definition) is 2. The van der Waals surface area contributed by atoms with Gasteiger partial charge in [-0.15, -0.1) is 0 Å². The number of benzene rings is 1. The molecule has 0 bridgehead atoms. The lowest BCUT2D eigenvalue weighted by Gasteiger charge is -2.09. The summed E-state index contributed by atoms with van der Waals surface area (Å²) in [5, 5.41) is 4.12. The van der Waals surface area contributed by atoms with Crippen molar-refractivity contribution in [1.29, 1.82) is 0 Å². The molecule has 0 amide bonds. The highest BCUT2D eigenvalue weighted by atomic mass is 35.5. The van der Waals surface area contributed by atoms with Gasteiger partial charge in [0.05, 0.1) is 12.5 Å². The van der Waals surface area contributed by atoms with Crippen LogP contribution in [-0.2, 0) is 6.54 Å². The lowest BCUT2D eigenvalue weighted by atomic mass is 10.1. The fraction of sp³-hybridized carbons (Fsp3) is 0.286. The van der Waals surface area contributed by atoms with Gasteiger partial charge in [-0.3, -0.25) is 0 Å². The maximum absolute atomic E-state index is 6.27. The van der Waals surface area contributed by atoms with Crippen LogP contribution in [-0.4, -0.2) is 6.04 Å². The molecule has 17 heavy (non-hydrogen) atoms. The molecular formula is C14H16ClNO. The van der Waals surface area contributed by atoms with Crippen molar-refractivity contribution in [2.45, 2.75) is 26.4 Å². The van der Waals surface area contributed by atoms with Crippen molar-refractivity contribution in [3.63, 3.8) is 0 Å². The normalized spacial score (nSPS) is 11.1. The molecule has 0 atom stereocenters. The van der Waals surface area contributed by atoms with Gasteiger partial charge in [-0.25, -0.2) is 0 Å². The van der Waals surface area contributed by atoms with E-state index in [9.17, 15) is 0 Å². The second-order valence-corrected chi connectivity index (χ2v) is 4.77. The highest BCUT2D eigenvalue weighted by molar-refractivity contribution is 6.33. The molecule has 2 rings (SSSR count). The van der Waals surface area contributed by atoms with Crippen molar-refractivity contribution in [3.05, 3.63) is 47.4 Å². The first-order valence-electron chi connectivity index (χ1n) is 5.71. The molecule has 0 saturated heterocycles. The van der Waals surface area contributed by atoms with Crippen molar-refractivity contribution in [2.24, 2.45) is 0 Å². The molecule has 0 spiro atoms. The molecule has 1 N–H and O–H groups in total. The standard InChI is InChI=1S/C14H16ClNO/c1-10(2)16-8-11-3-4-13(14(15)7-11)12-5-6-17-9-12/h3-7,9-10,16H,8H2,1-2H3. The van der Waals surface area contributed by atoms with Crippen LogP contribution in [0.5, 0.6) is 0 Å². The summed E-state index contributed by atoms with van der Waals surface area (Å²) in [6.45, 7) is 5.09. The molecule has 2 nitrogen and oxygen atoms in total. The van der Waals surface area contributed by atoms with Gasteiger partial charge in [0.2, 0.25) is 0 Å². The maximum atomic E-state index is 6.27. The van der Waals surface area contributed by atoms with Gasteiger partial charge < -0.3 is 9.73 Å². The summed E-state index contributed by atoms with van der Waals surface area (Å²) in [5.74, 6) is 0. The van der Waals surface area contributed by atoms with E-state index in [1.807, 2.05) is 18.2 Å². The minimum absolute atomic E-state index is 0.474. The minimum Gasteiger partial charge on any atom is -0.472 e. The molecule has 0 aliphatic carbocycles. The SMILES string of the molecule is CC(C)NCc1ccc(-c2ccoc2)c(Cl)c1. The van der Waals surface area contributed by atoms with E-state index in [0.29, 0.717) is 6.04 Å². The van der Waals surface area contributed by atoms with Crippen LogP contribution in [0, 0.1) is 0 Å². The van der Waals surface area contributed by atoms with Crippen LogP contribution < -0.4 is 5.32 Å². The molecule has 0 radical (unpaired) electrons. The number of furan rings is 1. The van der Waals surface area contributed by atoms with Gasteiger partial charge in [0.1, 0.15) is 0 Å². The van der Waals surface area contributed by atoms with Crippen molar-refractivity contribution in [2.75, 3.05) is 0 Å². The van der Waals surface area contributed by atoms with E-state index in [2.05, 4.69) is 25.2 Å². The van der Waals surface area contributed by atoms with E-state index >= 15 is 0 Å². The third-order valence-electron chi connectivity index (χ3n) is 2.58. The molecule has 0 aliphatic heterocycles. The molecule has 0 aliphatic rings. The molecular weight excluding hydrogens is 234 g/mol. The fourth-order valence-corrected chi connectivity index (χ4v) is 1.95. The van der Waals surface area contributed by atoms with Gasteiger partial charge in [0.15, 0.2) is 0 Å². The molecule has 90 valence electrons. The van der Waals surface area contributed by atoms with Gasteiger partial charge in [-0.05, 0) is 17.7 Å². The molecule has 0 saturated carbocycles. The zero-order valence-electron chi connectivity index (χ0n) is 10.0. The summed E-state index contributed by atoms with van der Waals surface area (Å²) in [7, 11) is 0. The van der Waals surface area contributed by atoms with E-state index < -0.39 is 0 Å². The van der Waals surface area contributed by atoms with E-state index in [1.165, 1.54) is 5.56 Å². The van der Waals surface area contributed by atoms with Crippen molar-refractivity contribution in [1.82, 2.24) is 5.32 Å². The van der Waals surface area contributed by atoms with Gasteiger partial charge in [-0.2, -0.15) is 0 Å². The Morgan fingerprint density at radius 2 is 2.12 bits per heavy atom. The van der Waals surface area contributed by atoms with E-state index in [1.54, 1.807) is 12.5 Å². The van der Waals surface area contributed by atoms with Gasteiger partial charge in [-0.1, -0.05) is 37.6 Å². The first-order valence-corrected chi connectivity index (χ1v) is 6.09. The van der Waals surface area contributed by atoms with Gasteiger partial charge in [0, 0.05) is 28.7 Å². The molecule has 0 unspecified atom stereocenters. The van der Waals surface area contributed by atoms with Gasteiger partial charge in [0.25, 0.3) is 0 Å².